The number of halogens is 2. The number of oxazole rings is 1. The van der Waals surface area contributed by atoms with Gasteiger partial charge in [0.15, 0.2) is 5.58 Å². The number of hydrogen-bond acceptors (Lipinski definition) is 5. The Balaban J connectivity index is 1.05. The monoisotopic (exact) mass is 502 g/mol. The summed E-state index contributed by atoms with van der Waals surface area (Å²) in [7, 11) is 0. The van der Waals surface area contributed by atoms with Gasteiger partial charge in [0.05, 0.1) is 30.4 Å². The van der Waals surface area contributed by atoms with Gasteiger partial charge in [-0.3, -0.25) is 0 Å². The van der Waals surface area contributed by atoms with Crippen LogP contribution in [0.3, 0.4) is 0 Å². The highest BCUT2D eigenvalue weighted by molar-refractivity contribution is 5.74. The van der Waals surface area contributed by atoms with E-state index in [1.807, 2.05) is 10.6 Å². The third-order valence-electron chi connectivity index (χ3n) is 9.78. The molecule has 5 aliphatic rings. The normalized spacial score (nSPS) is 32.0. The van der Waals surface area contributed by atoms with Gasteiger partial charge in [0.25, 0.3) is 6.01 Å². The first-order valence-electron chi connectivity index (χ1n) is 13.3. The molecule has 2 aromatic carbocycles. The molecule has 4 aromatic rings. The van der Waals surface area contributed by atoms with Gasteiger partial charge in [0, 0.05) is 23.2 Å². The molecule has 4 unspecified atom stereocenters. The minimum Gasteiger partial charge on any atom is -0.423 e. The number of aliphatic hydroxyl groups is 1. The van der Waals surface area contributed by atoms with Crippen LogP contribution < -0.4 is 5.32 Å². The molecule has 9 rings (SSSR count). The van der Waals surface area contributed by atoms with Crippen LogP contribution in [0.4, 0.5) is 14.8 Å². The molecule has 3 heterocycles. The molecule has 190 valence electrons. The Hall–Kier alpha value is -3.26. The lowest BCUT2D eigenvalue weighted by Gasteiger charge is -2.61. The molecule has 4 saturated carbocycles. The maximum Gasteiger partial charge on any atom is 0.295 e. The van der Waals surface area contributed by atoms with Gasteiger partial charge in [-0.05, 0) is 79.9 Å². The summed E-state index contributed by atoms with van der Waals surface area (Å²) in [5.74, 6) is 0.854. The van der Waals surface area contributed by atoms with Crippen molar-refractivity contribution in [2.45, 2.75) is 56.7 Å². The number of benzene rings is 2. The molecule has 0 amide bonds. The quantitative estimate of drug-likeness (QED) is 0.354. The third kappa shape index (κ3) is 3.17. The number of nitrogens with zero attached hydrogens (tertiary/aromatic N) is 3. The molecule has 0 spiro atoms. The van der Waals surface area contributed by atoms with E-state index >= 15 is 0 Å². The fourth-order valence-electron chi connectivity index (χ4n) is 8.53. The maximum atomic E-state index is 15.0. The maximum absolute atomic E-state index is 15.0. The van der Waals surface area contributed by atoms with Crippen molar-refractivity contribution in [3.8, 4) is 11.3 Å². The van der Waals surface area contributed by atoms with Gasteiger partial charge in [-0.2, -0.15) is 4.98 Å². The highest BCUT2D eigenvalue weighted by atomic mass is 19.1. The molecule has 37 heavy (non-hydrogen) atoms. The van der Waals surface area contributed by atoms with Gasteiger partial charge in [-0.25, -0.2) is 13.8 Å². The van der Waals surface area contributed by atoms with Gasteiger partial charge in [0.2, 0.25) is 0 Å². The zero-order valence-electron chi connectivity index (χ0n) is 20.3. The predicted molar refractivity (Wildman–Crippen MR) is 134 cm³/mol. The van der Waals surface area contributed by atoms with Crippen molar-refractivity contribution >= 4 is 17.1 Å². The van der Waals surface area contributed by atoms with E-state index in [2.05, 4.69) is 15.3 Å². The van der Waals surface area contributed by atoms with Crippen LogP contribution in [0.5, 0.6) is 0 Å². The van der Waals surface area contributed by atoms with Crippen LogP contribution in [0, 0.1) is 34.8 Å². The van der Waals surface area contributed by atoms with Crippen LogP contribution in [0.25, 0.3) is 22.4 Å². The van der Waals surface area contributed by atoms with E-state index < -0.39 is 6.10 Å². The smallest absolute Gasteiger partial charge is 0.295 e. The zero-order chi connectivity index (χ0) is 24.9. The summed E-state index contributed by atoms with van der Waals surface area (Å²) in [5.41, 5.74) is 3.40. The Kier molecular flexibility index (Phi) is 4.49. The van der Waals surface area contributed by atoms with Crippen LogP contribution in [0.2, 0.25) is 0 Å². The minimum absolute atomic E-state index is 0.159. The van der Waals surface area contributed by atoms with Crippen molar-refractivity contribution in [2.24, 2.45) is 23.2 Å². The van der Waals surface area contributed by atoms with E-state index in [9.17, 15) is 13.9 Å². The summed E-state index contributed by atoms with van der Waals surface area (Å²) in [6.45, 7) is 0. The van der Waals surface area contributed by atoms with E-state index in [1.54, 1.807) is 24.7 Å². The Morgan fingerprint density at radius 3 is 2.81 bits per heavy atom. The first-order valence-corrected chi connectivity index (χ1v) is 13.3. The van der Waals surface area contributed by atoms with E-state index in [1.165, 1.54) is 18.2 Å². The molecular formula is C29H28F2N4O2. The first-order chi connectivity index (χ1) is 18.0. The van der Waals surface area contributed by atoms with Crippen LogP contribution in [0.15, 0.2) is 53.3 Å². The second kappa shape index (κ2) is 7.63. The molecule has 8 heteroatoms. The van der Waals surface area contributed by atoms with Crippen molar-refractivity contribution in [3.05, 3.63) is 66.1 Å². The van der Waals surface area contributed by atoms with Crippen molar-refractivity contribution in [2.75, 3.05) is 5.32 Å². The lowest BCUT2D eigenvalue weighted by molar-refractivity contribution is -0.129. The molecule has 4 bridgehead atoms. The summed E-state index contributed by atoms with van der Waals surface area (Å²) in [4.78, 5) is 8.84. The van der Waals surface area contributed by atoms with Crippen molar-refractivity contribution in [1.82, 2.24) is 14.5 Å². The zero-order valence-corrected chi connectivity index (χ0v) is 20.3. The lowest BCUT2D eigenvalue weighted by Crippen LogP contribution is -2.59. The standard InChI is InChI=1S/C29H28F2N4O2/c30-18-4-5-21-24(8-18)37-28(33-21)34-27-16-6-15-7-17(27)12-29(10-15,11-16)25(36)9-22-26-19(2-1-3-20(26)31)23-13-32-14-35(22)23/h1-5,8,13-17,22,25,27,36H,6-7,9-12H2,(H,33,34). The van der Waals surface area contributed by atoms with E-state index in [0.29, 0.717) is 46.9 Å². The Morgan fingerprint density at radius 1 is 1.14 bits per heavy atom. The molecule has 2 aromatic heterocycles. The summed E-state index contributed by atoms with van der Waals surface area (Å²) < 4.78 is 36.5. The Labute approximate surface area is 212 Å². The number of hydrogen-bond donors (Lipinski definition) is 2. The van der Waals surface area contributed by atoms with Crippen molar-refractivity contribution in [1.29, 1.82) is 0 Å². The topological polar surface area (TPSA) is 76.1 Å². The number of nitrogens with one attached hydrogen (secondary N) is 1. The Morgan fingerprint density at radius 2 is 1.97 bits per heavy atom. The SMILES string of the molecule is OC(CC1c2c(F)cccc2-c2cncn21)C12CC3CC(C1)C(Nc1nc4ccc(F)cc4o1)C(C3)C2. The predicted octanol–water partition coefficient (Wildman–Crippen LogP) is 5.93. The molecule has 6 nitrogen and oxygen atoms in total. The molecule has 0 radical (unpaired) electrons. The number of imidazole rings is 1. The Bertz CT molecular complexity index is 1510. The van der Waals surface area contributed by atoms with Gasteiger partial charge >= 0.3 is 0 Å². The highest BCUT2D eigenvalue weighted by Gasteiger charge is 2.58. The number of rotatable bonds is 5. The van der Waals surface area contributed by atoms with Crippen LogP contribution >= 0.6 is 0 Å². The number of anilines is 1. The lowest BCUT2D eigenvalue weighted by atomic mass is 9.46. The average molecular weight is 503 g/mol. The van der Waals surface area contributed by atoms with Crippen LogP contribution in [0.1, 0.15) is 50.1 Å². The third-order valence-corrected chi connectivity index (χ3v) is 9.78. The minimum atomic E-state index is -0.528. The molecule has 4 aliphatic carbocycles. The second-order valence-corrected chi connectivity index (χ2v) is 11.8. The first kappa shape index (κ1) is 21.8. The second-order valence-electron chi connectivity index (χ2n) is 11.8. The fourth-order valence-corrected chi connectivity index (χ4v) is 8.53. The highest BCUT2D eigenvalue weighted by Crippen LogP contribution is 2.63. The fraction of sp³-hybridized carbons (Fsp3) is 0.448. The molecule has 4 atom stereocenters. The number of aromatic nitrogens is 3. The van der Waals surface area contributed by atoms with Crippen molar-refractivity contribution in [3.63, 3.8) is 0 Å². The van der Waals surface area contributed by atoms with E-state index in [-0.39, 0.29) is 29.1 Å². The van der Waals surface area contributed by atoms with E-state index in [0.717, 1.165) is 43.4 Å². The number of aliphatic hydroxyl groups excluding tert-OH is 1. The van der Waals surface area contributed by atoms with Crippen molar-refractivity contribution < 1.29 is 18.3 Å². The summed E-state index contributed by atoms with van der Waals surface area (Å²) in [6.07, 6.45) is 8.66. The van der Waals surface area contributed by atoms with Crippen LogP contribution in [-0.4, -0.2) is 31.8 Å². The van der Waals surface area contributed by atoms with Gasteiger partial charge in [-0.15, -0.1) is 0 Å². The summed E-state index contributed by atoms with van der Waals surface area (Å²) >= 11 is 0. The molecule has 1 aliphatic heterocycles. The van der Waals surface area contributed by atoms with Gasteiger partial charge in [0.1, 0.15) is 17.2 Å². The molecule has 0 saturated heterocycles. The molecule has 4 fully saturated rings. The largest absolute Gasteiger partial charge is 0.423 e. The summed E-state index contributed by atoms with van der Waals surface area (Å²) in [6, 6.07) is 10.0. The van der Waals surface area contributed by atoms with Crippen LogP contribution in [-0.2, 0) is 0 Å². The summed E-state index contributed by atoms with van der Waals surface area (Å²) in [5, 5.41) is 15.4. The number of fused-ring (bicyclic) bond motifs is 4. The van der Waals surface area contributed by atoms with E-state index in [4.69, 9.17) is 4.42 Å². The average Bonchev–Trinajstić information content (AvgIpc) is 3.57. The molecular weight excluding hydrogens is 474 g/mol. The molecule has 2 N–H and O–H groups in total. The van der Waals surface area contributed by atoms with Gasteiger partial charge < -0.3 is 19.4 Å². The van der Waals surface area contributed by atoms with Gasteiger partial charge in [-0.1, -0.05) is 12.1 Å².